The molecule has 16 heavy (non-hydrogen) atoms. The first-order chi connectivity index (χ1) is 7.67. The van der Waals surface area contributed by atoms with Gasteiger partial charge >= 0.3 is 0 Å². The first-order valence-electron chi connectivity index (χ1n) is 4.69. The molecule has 5 N–H and O–H groups in total. The van der Waals surface area contributed by atoms with E-state index in [1.807, 2.05) is 0 Å². The Hall–Kier alpha value is -1.50. The molecule has 0 aromatic heterocycles. The number of hydrazine groups is 1. The fraction of sp³-hybridized carbons (Fsp3) is 0.400. The van der Waals surface area contributed by atoms with Gasteiger partial charge in [-0.2, -0.15) is 0 Å². The molecule has 0 fully saturated rings. The highest BCUT2D eigenvalue weighted by molar-refractivity contribution is 5.54. The Balaban J connectivity index is 3.25. The van der Waals surface area contributed by atoms with Gasteiger partial charge in [0, 0.05) is 0 Å². The third-order valence-corrected chi connectivity index (χ3v) is 2.23. The summed E-state index contributed by atoms with van der Waals surface area (Å²) in [5.74, 6) is 6.88. The van der Waals surface area contributed by atoms with Crippen molar-refractivity contribution >= 4 is 0 Å². The number of hydrogen-bond donors (Lipinski definition) is 3. The summed E-state index contributed by atoms with van der Waals surface area (Å²) in [6.45, 7) is 0. The van der Waals surface area contributed by atoms with Gasteiger partial charge in [-0.25, -0.2) is 5.43 Å². The van der Waals surface area contributed by atoms with Crippen molar-refractivity contribution in [2.75, 3.05) is 21.3 Å². The van der Waals surface area contributed by atoms with Gasteiger partial charge in [-0.3, -0.25) is 5.84 Å². The minimum Gasteiger partial charge on any atom is -0.493 e. The van der Waals surface area contributed by atoms with E-state index in [2.05, 4.69) is 5.43 Å². The number of hydrogen-bond acceptors (Lipinski definition) is 6. The number of nitrogens with one attached hydrogen (secondary N) is 1. The standard InChI is InChI=1S/C10H17N3O3/c1-14-7-4-6(10(11)13-12)5-8(15-2)9(7)16-3/h4-5,10,13H,11-12H2,1-3H3. The van der Waals surface area contributed by atoms with E-state index in [0.29, 0.717) is 17.2 Å². The van der Waals surface area contributed by atoms with Crippen LogP contribution in [0.25, 0.3) is 0 Å². The van der Waals surface area contributed by atoms with Crippen LogP contribution in [-0.2, 0) is 0 Å². The summed E-state index contributed by atoms with van der Waals surface area (Å²) in [7, 11) is 4.63. The normalized spacial score (nSPS) is 12.1. The predicted molar refractivity (Wildman–Crippen MR) is 60.3 cm³/mol. The summed E-state index contributed by atoms with van der Waals surface area (Å²) in [4.78, 5) is 0. The van der Waals surface area contributed by atoms with Gasteiger partial charge in [-0.05, 0) is 17.7 Å². The van der Waals surface area contributed by atoms with Crippen molar-refractivity contribution in [1.29, 1.82) is 0 Å². The van der Waals surface area contributed by atoms with Gasteiger partial charge in [0.1, 0.15) is 0 Å². The summed E-state index contributed by atoms with van der Waals surface area (Å²) in [5, 5.41) is 0. The second-order valence-corrected chi connectivity index (χ2v) is 3.10. The second kappa shape index (κ2) is 5.55. The Morgan fingerprint density at radius 1 is 1.06 bits per heavy atom. The fourth-order valence-electron chi connectivity index (χ4n) is 1.38. The van der Waals surface area contributed by atoms with Crippen LogP contribution < -0.4 is 31.2 Å². The number of methoxy groups -OCH3 is 3. The van der Waals surface area contributed by atoms with E-state index < -0.39 is 6.17 Å². The lowest BCUT2D eigenvalue weighted by molar-refractivity contribution is 0.323. The molecule has 0 heterocycles. The molecule has 1 unspecified atom stereocenters. The van der Waals surface area contributed by atoms with E-state index in [1.165, 1.54) is 0 Å². The predicted octanol–water partition coefficient (Wildman–Crippen LogP) is 0.133. The Morgan fingerprint density at radius 2 is 1.56 bits per heavy atom. The van der Waals surface area contributed by atoms with Crippen LogP contribution in [-0.4, -0.2) is 21.3 Å². The maximum atomic E-state index is 5.74. The summed E-state index contributed by atoms with van der Waals surface area (Å²) < 4.78 is 15.6. The average Bonchev–Trinajstić information content (AvgIpc) is 2.35. The molecule has 1 rings (SSSR count). The average molecular weight is 227 g/mol. The van der Waals surface area contributed by atoms with Crippen LogP contribution in [0.15, 0.2) is 12.1 Å². The van der Waals surface area contributed by atoms with Crippen LogP contribution >= 0.6 is 0 Å². The molecule has 1 atom stereocenters. The summed E-state index contributed by atoms with van der Waals surface area (Å²) in [6, 6.07) is 3.48. The third kappa shape index (κ3) is 2.35. The van der Waals surface area contributed by atoms with Crippen LogP contribution in [0.4, 0.5) is 0 Å². The van der Waals surface area contributed by atoms with E-state index in [4.69, 9.17) is 25.8 Å². The van der Waals surface area contributed by atoms with E-state index in [0.717, 1.165) is 5.56 Å². The summed E-state index contributed by atoms with van der Waals surface area (Å²) >= 11 is 0. The summed E-state index contributed by atoms with van der Waals surface area (Å²) in [5.41, 5.74) is 8.94. The minimum atomic E-state index is -0.492. The molecule has 0 aliphatic rings. The highest BCUT2D eigenvalue weighted by Crippen LogP contribution is 2.38. The quantitative estimate of drug-likeness (QED) is 0.376. The Morgan fingerprint density at radius 3 is 1.88 bits per heavy atom. The molecule has 0 aliphatic heterocycles. The van der Waals surface area contributed by atoms with Gasteiger partial charge in [0.2, 0.25) is 5.75 Å². The van der Waals surface area contributed by atoms with Crippen molar-refractivity contribution < 1.29 is 14.2 Å². The fourth-order valence-corrected chi connectivity index (χ4v) is 1.38. The van der Waals surface area contributed by atoms with Gasteiger partial charge < -0.3 is 19.9 Å². The van der Waals surface area contributed by atoms with Gasteiger partial charge in [0.15, 0.2) is 11.5 Å². The zero-order chi connectivity index (χ0) is 12.1. The molecule has 0 aliphatic carbocycles. The van der Waals surface area contributed by atoms with Crippen LogP contribution in [0.1, 0.15) is 11.7 Å². The Labute approximate surface area is 94.4 Å². The van der Waals surface area contributed by atoms with Crippen molar-refractivity contribution in [2.24, 2.45) is 11.6 Å². The smallest absolute Gasteiger partial charge is 0.203 e. The van der Waals surface area contributed by atoms with Gasteiger partial charge in [-0.15, -0.1) is 0 Å². The first kappa shape index (κ1) is 12.6. The minimum absolute atomic E-state index is 0.492. The molecular weight excluding hydrogens is 210 g/mol. The van der Waals surface area contributed by atoms with Crippen molar-refractivity contribution in [3.05, 3.63) is 17.7 Å². The molecule has 0 bridgehead atoms. The van der Waals surface area contributed by atoms with E-state index >= 15 is 0 Å². The molecule has 6 heteroatoms. The first-order valence-corrected chi connectivity index (χ1v) is 4.69. The molecule has 0 saturated heterocycles. The van der Waals surface area contributed by atoms with Gasteiger partial charge in [0.05, 0.1) is 27.5 Å². The highest BCUT2D eigenvalue weighted by Gasteiger charge is 2.15. The topological polar surface area (TPSA) is 91.8 Å². The van der Waals surface area contributed by atoms with Crippen LogP contribution in [0.3, 0.4) is 0 Å². The number of nitrogens with two attached hydrogens (primary N) is 2. The van der Waals surface area contributed by atoms with Crippen molar-refractivity contribution in [3.8, 4) is 17.2 Å². The monoisotopic (exact) mass is 227 g/mol. The molecule has 0 radical (unpaired) electrons. The molecule has 0 saturated carbocycles. The second-order valence-electron chi connectivity index (χ2n) is 3.10. The van der Waals surface area contributed by atoms with Crippen molar-refractivity contribution in [1.82, 2.24) is 5.43 Å². The zero-order valence-corrected chi connectivity index (χ0v) is 9.61. The van der Waals surface area contributed by atoms with Crippen molar-refractivity contribution in [3.63, 3.8) is 0 Å². The molecule has 6 nitrogen and oxygen atoms in total. The van der Waals surface area contributed by atoms with E-state index in [9.17, 15) is 0 Å². The lowest BCUT2D eigenvalue weighted by atomic mass is 10.1. The maximum Gasteiger partial charge on any atom is 0.203 e. The van der Waals surface area contributed by atoms with Crippen LogP contribution in [0.2, 0.25) is 0 Å². The van der Waals surface area contributed by atoms with Crippen molar-refractivity contribution in [2.45, 2.75) is 6.17 Å². The largest absolute Gasteiger partial charge is 0.493 e. The number of benzene rings is 1. The van der Waals surface area contributed by atoms with Gasteiger partial charge in [0.25, 0.3) is 0 Å². The zero-order valence-electron chi connectivity index (χ0n) is 9.61. The Kier molecular flexibility index (Phi) is 4.36. The molecule has 0 spiro atoms. The lowest BCUT2D eigenvalue weighted by Gasteiger charge is -2.16. The lowest BCUT2D eigenvalue weighted by Crippen LogP contribution is -2.34. The maximum absolute atomic E-state index is 5.74. The molecule has 1 aromatic rings. The molecular formula is C10H17N3O3. The van der Waals surface area contributed by atoms with E-state index in [1.54, 1.807) is 33.5 Å². The van der Waals surface area contributed by atoms with Crippen LogP contribution in [0.5, 0.6) is 17.2 Å². The Bertz CT molecular complexity index is 332. The highest BCUT2D eigenvalue weighted by atomic mass is 16.5. The van der Waals surface area contributed by atoms with Gasteiger partial charge in [-0.1, -0.05) is 0 Å². The molecule has 1 aromatic carbocycles. The van der Waals surface area contributed by atoms with Crippen LogP contribution in [0, 0.1) is 0 Å². The number of rotatable bonds is 5. The number of ether oxygens (including phenoxy) is 3. The SMILES string of the molecule is COc1cc(C(N)NN)cc(OC)c1OC. The molecule has 90 valence electrons. The molecule has 0 amide bonds. The third-order valence-electron chi connectivity index (χ3n) is 2.23. The van der Waals surface area contributed by atoms with E-state index in [-0.39, 0.29) is 0 Å². The summed E-state index contributed by atoms with van der Waals surface area (Å²) in [6.07, 6.45) is -0.492.